The lowest BCUT2D eigenvalue weighted by molar-refractivity contribution is -0.149. The van der Waals surface area contributed by atoms with Crippen molar-refractivity contribution >= 4 is 5.97 Å². The molecule has 5 nitrogen and oxygen atoms in total. The Kier molecular flexibility index (Phi) is 6.84. The molecule has 34 heavy (non-hydrogen) atoms. The zero-order valence-electron chi connectivity index (χ0n) is 22.6. The molecule has 4 rings (SSSR count). The highest BCUT2D eigenvalue weighted by Crippen LogP contribution is 2.72. The molecule has 0 aromatic carbocycles. The number of methoxy groups -OCH3 is 2. The van der Waals surface area contributed by atoms with Gasteiger partial charge in [0, 0.05) is 14.2 Å². The van der Waals surface area contributed by atoms with Crippen molar-refractivity contribution in [2.75, 3.05) is 14.2 Å². The van der Waals surface area contributed by atoms with E-state index in [0.717, 1.165) is 51.4 Å². The van der Waals surface area contributed by atoms with Crippen molar-refractivity contribution in [1.82, 2.24) is 0 Å². The predicted molar refractivity (Wildman–Crippen MR) is 133 cm³/mol. The van der Waals surface area contributed by atoms with E-state index in [4.69, 9.17) is 9.47 Å². The van der Waals surface area contributed by atoms with Crippen molar-refractivity contribution in [2.24, 2.45) is 39.4 Å². The van der Waals surface area contributed by atoms with Gasteiger partial charge < -0.3 is 19.7 Å². The Hall–Kier alpha value is -0.910. The Morgan fingerprint density at radius 3 is 2.24 bits per heavy atom. The topological polar surface area (TPSA) is 76.0 Å². The van der Waals surface area contributed by atoms with Gasteiger partial charge in [-0.05, 0) is 97.7 Å². The molecule has 0 amide bonds. The predicted octanol–water partition coefficient (Wildman–Crippen LogP) is 6.20. The van der Waals surface area contributed by atoms with Crippen LogP contribution in [0.5, 0.6) is 0 Å². The Balaban J connectivity index is 1.67. The maximum absolute atomic E-state index is 12.5. The standard InChI is InChI=1S/C29H48O5/c1-26(2)22-10-9-21-20(27(22,3)15-14-23(26)30)13-17-28(4)19(12-16-29(21,28)5)18(25(31)32)8-11-24(33-6)34-7/h18-19,22-24,30H,8-17H2,1-7H3,(H,31,32)/t18-,19-,22+,23+,27-,28-,29+/m1/s1. The lowest BCUT2D eigenvalue weighted by Crippen LogP contribution is -2.55. The molecule has 7 atom stereocenters. The van der Waals surface area contributed by atoms with Crippen molar-refractivity contribution in [2.45, 2.75) is 111 Å². The summed E-state index contributed by atoms with van der Waals surface area (Å²) in [6, 6.07) is 0. The zero-order chi connectivity index (χ0) is 25.1. The summed E-state index contributed by atoms with van der Waals surface area (Å²) in [5.41, 5.74) is 3.50. The molecule has 0 radical (unpaired) electrons. The van der Waals surface area contributed by atoms with Crippen LogP contribution in [0.4, 0.5) is 0 Å². The Labute approximate surface area is 206 Å². The molecule has 0 aromatic heterocycles. The van der Waals surface area contributed by atoms with Crippen molar-refractivity contribution in [3.8, 4) is 0 Å². The normalized spacial score (nSPS) is 42.2. The molecule has 0 aromatic rings. The number of hydrogen-bond acceptors (Lipinski definition) is 4. The number of ether oxygens (including phenoxy) is 2. The first kappa shape index (κ1) is 26.2. The van der Waals surface area contributed by atoms with Crippen LogP contribution in [0.25, 0.3) is 0 Å². The highest BCUT2D eigenvalue weighted by Gasteiger charge is 2.64. The number of fused-ring (bicyclic) bond motifs is 4. The molecule has 0 bridgehead atoms. The molecule has 0 unspecified atom stereocenters. The van der Waals surface area contributed by atoms with E-state index in [-0.39, 0.29) is 45.9 Å². The molecule has 2 saturated carbocycles. The van der Waals surface area contributed by atoms with E-state index in [2.05, 4.69) is 34.6 Å². The minimum atomic E-state index is -0.667. The van der Waals surface area contributed by atoms with E-state index >= 15 is 0 Å². The van der Waals surface area contributed by atoms with Gasteiger partial charge in [-0.15, -0.1) is 0 Å². The summed E-state index contributed by atoms with van der Waals surface area (Å²) in [7, 11) is 3.24. The van der Waals surface area contributed by atoms with Gasteiger partial charge in [0.25, 0.3) is 0 Å². The van der Waals surface area contributed by atoms with Gasteiger partial charge in [0.2, 0.25) is 0 Å². The zero-order valence-corrected chi connectivity index (χ0v) is 22.6. The van der Waals surface area contributed by atoms with Gasteiger partial charge in [0.05, 0.1) is 12.0 Å². The minimum Gasteiger partial charge on any atom is -0.481 e. The van der Waals surface area contributed by atoms with E-state index in [0.29, 0.717) is 18.8 Å². The smallest absolute Gasteiger partial charge is 0.306 e. The fourth-order valence-corrected chi connectivity index (χ4v) is 9.51. The lowest BCUT2D eigenvalue weighted by Gasteiger charge is -2.62. The summed E-state index contributed by atoms with van der Waals surface area (Å²) in [5.74, 6) is -0.342. The quantitative estimate of drug-likeness (QED) is 0.338. The van der Waals surface area contributed by atoms with Crippen molar-refractivity contribution < 1.29 is 24.5 Å². The molecule has 2 fully saturated rings. The van der Waals surface area contributed by atoms with Crippen molar-refractivity contribution in [1.29, 1.82) is 0 Å². The Bertz CT molecular complexity index is 828. The van der Waals surface area contributed by atoms with E-state index in [9.17, 15) is 15.0 Å². The summed E-state index contributed by atoms with van der Waals surface area (Å²) in [6.07, 6.45) is 9.07. The molecule has 194 valence electrons. The number of carbonyl (C=O) groups is 1. The van der Waals surface area contributed by atoms with Crippen molar-refractivity contribution in [3.05, 3.63) is 11.1 Å². The minimum absolute atomic E-state index is 0.00255. The third-order valence-corrected chi connectivity index (χ3v) is 11.8. The second-order valence-electron chi connectivity index (χ2n) is 13.2. The van der Waals surface area contributed by atoms with Gasteiger partial charge in [-0.25, -0.2) is 0 Å². The number of carboxylic acid groups (broad SMARTS) is 1. The maximum Gasteiger partial charge on any atom is 0.306 e. The number of allylic oxidation sites excluding steroid dienone is 2. The number of aliphatic hydroxyl groups excluding tert-OH is 1. The molecule has 4 aliphatic rings. The van der Waals surface area contributed by atoms with Crippen LogP contribution >= 0.6 is 0 Å². The summed E-state index contributed by atoms with van der Waals surface area (Å²) in [4.78, 5) is 12.5. The summed E-state index contributed by atoms with van der Waals surface area (Å²) in [5, 5.41) is 21.1. The first-order valence-corrected chi connectivity index (χ1v) is 13.6. The van der Waals surface area contributed by atoms with E-state index in [1.807, 2.05) is 0 Å². The summed E-state index contributed by atoms with van der Waals surface area (Å²) in [6.45, 7) is 11.9. The van der Waals surface area contributed by atoms with E-state index < -0.39 is 5.97 Å². The SMILES string of the molecule is COC(CC[C@@H](C(=O)O)[C@H]1CC[C@@]2(C)C3=C(CC[C@]12C)[C@@]1(C)CC[C@H](O)C(C)(C)[C@@H]1CC3)OC. The number of rotatable bonds is 7. The third kappa shape index (κ3) is 3.63. The van der Waals surface area contributed by atoms with Crippen molar-refractivity contribution in [3.63, 3.8) is 0 Å². The van der Waals surface area contributed by atoms with Crippen LogP contribution in [0.2, 0.25) is 0 Å². The van der Waals surface area contributed by atoms with Crippen LogP contribution in [0.1, 0.15) is 98.8 Å². The van der Waals surface area contributed by atoms with Gasteiger partial charge >= 0.3 is 5.97 Å². The van der Waals surface area contributed by atoms with E-state index in [1.165, 1.54) is 0 Å². The first-order valence-electron chi connectivity index (χ1n) is 13.6. The molecule has 0 saturated heterocycles. The average molecular weight is 477 g/mol. The van der Waals surface area contributed by atoms with Crippen LogP contribution < -0.4 is 0 Å². The van der Waals surface area contributed by atoms with Crippen LogP contribution in [0.15, 0.2) is 11.1 Å². The molecule has 4 aliphatic carbocycles. The molecule has 0 heterocycles. The lowest BCUT2D eigenvalue weighted by atomic mass is 9.43. The maximum atomic E-state index is 12.5. The Morgan fingerprint density at radius 1 is 0.941 bits per heavy atom. The fraction of sp³-hybridized carbons (Fsp3) is 0.897. The molecule has 0 aliphatic heterocycles. The Morgan fingerprint density at radius 2 is 1.62 bits per heavy atom. The van der Waals surface area contributed by atoms with Gasteiger partial charge in [-0.2, -0.15) is 0 Å². The molecule has 2 N–H and O–H groups in total. The highest BCUT2D eigenvalue weighted by atomic mass is 16.7. The van der Waals surface area contributed by atoms with Crippen LogP contribution in [-0.2, 0) is 14.3 Å². The number of hydrogen-bond donors (Lipinski definition) is 2. The van der Waals surface area contributed by atoms with Crippen LogP contribution in [0.3, 0.4) is 0 Å². The monoisotopic (exact) mass is 476 g/mol. The van der Waals surface area contributed by atoms with Gasteiger partial charge in [0.15, 0.2) is 6.29 Å². The summed E-state index contributed by atoms with van der Waals surface area (Å²) < 4.78 is 10.7. The fourth-order valence-electron chi connectivity index (χ4n) is 9.51. The second kappa shape index (κ2) is 8.88. The van der Waals surface area contributed by atoms with Gasteiger partial charge in [0.1, 0.15) is 0 Å². The largest absolute Gasteiger partial charge is 0.481 e. The van der Waals surface area contributed by atoms with E-state index in [1.54, 1.807) is 25.4 Å². The van der Waals surface area contributed by atoms with Crippen LogP contribution in [-0.4, -0.2) is 42.8 Å². The van der Waals surface area contributed by atoms with Crippen LogP contribution in [0, 0.1) is 39.4 Å². The number of aliphatic hydroxyl groups is 1. The third-order valence-electron chi connectivity index (χ3n) is 11.8. The molecular weight excluding hydrogens is 428 g/mol. The summed E-state index contributed by atoms with van der Waals surface area (Å²) >= 11 is 0. The highest BCUT2D eigenvalue weighted by molar-refractivity contribution is 5.70. The van der Waals surface area contributed by atoms with Gasteiger partial charge in [-0.1, -0.05) is 45.8 Å². The average Bonchev–Trinajstić information content (AvgIpc) is 3.05. The molecule has 0 spiro atoms. The first-order chi connectivity index (χ1) is 15.9. The second-order valence-corrected chi connectivity index (χ2v) is 13.2. The van der Waals surface area contributed by atoms with Gasteiger partial charge in [-0.3, -0.25) is 4.79 Å². The molecular formula is C29H48O5. The number of carboxylic acids is 1. The number of aliphatic carboxylic acids is 1. The molecule has 5 heteroatoms.